The lowest BCUT2D eigenvalue weighted by Crippen LogP contribution is -2.46. The number of halogens is 2. The summed E-state index contributed by atoms with van der Waals surface area (Å²) in [5.74, 6) is -0.364. The molecule has 23 heavy (non-hydrogen) atoms. The smallest absolute Gasteiger partial charge is 0.250 e. The first-order valence-corrected chi connectivity index (χ1v) is 7.97. The molecule has 0 aliphatic carbocycles. The molecule has 0 saturated carbocycles. The maximum Gasteiger partial charge on any atom is 0.250 e. The fourth-order valence-corrected chi connectivity index (χ4v) is 4.03. The first-order chi connectivity index (χ1) is 11.1. The van der Waals surface area contributed by atoms with Gasteiger partial charge in [-0.3, -0.25) is 9.69 Å². The second-order valence-corrected chi connectivity index (χ2v) is 6.59. The van der Waals surface area contributed by atoms with Crippen molar-refractivity contribution < 1.29 is 8.78 Å². The Morgan fingerprint density at radius 2 is 1.74 bits per heavy atom. The molecule has 3 heterocycles. The summed E-state index contributed by atoms with van der Waals surface area (Å²) in [7, 11) is 0. The topological polar surface area (TPSA) is 25.2 Å². The van der Waals surface area contributed by atoms with Crippen molar-refractivity contribution in [3.8, 4) is 0 Å². The number of hydrogen-bond donors (Lipinski definition) is 0. The molecule has 1 saturated heterocycles. The number of fused-ring (bicyclic) bond motifs is 4. The number of hydrogen-bond acceptors (Lipinski definition) is 2. The van der Waals surface area contributed by atoms with Crippen LogP contribution in [0.5, 0.6) is 0 Å². The van der Waals surface area contributed by atoms with Crippen LogP contribution in [0.3, 0.4) is 0 Å². The van der Waals surface area contributed by atoms with Crippen molar-refractivity contribution in [2.75, 3.05) is 13.1 Å². The Bertz CT molecular complexity index is 782. The van der Waals surface area contributed by atoms with E-state index in [2.05, 4.69) is 4.90 Å². The minimum Gasteiger partial charge on any atom is -0.312 e. The van der Waals surface area contributed by atoms with E-state index in [1.54, 1.807) is 12.1 Å². The summed E-state index contributed by atoms with van der Waals surface area (Å²) >= 11 is 0. The van der Waals surface area contributed by atoms with E-state index in [0.717, 1.165) is 25.2 Å². The molecule has 0 N–H and O–H groups in total. The molecular weight excluding hydrogens is 298 g/mol. The van der Waals surface area contributed by atoms with Crippen LogP contribution in [0.15, 0.2) is 41.2 Å². The zero-order valence-electron chi connectivity index (χ0n) is 12.7. The molecule has 1 aromatic carbocycles. The van der Waals surface area contributed by atoms with Crippen LogP contribution in [0, 0.1) is 17.6 Å². The number of likely N-dealkylation sites (tertiary alicyclic amines) is 1. The number of benzene rings is 1. The van der Waals surface area contributed by atoms with E-state index in [9.17, 15) is 13.6 Å². The number of aromatic nitrogens is 1. The Balaban J connectivity index is 1.60. The van der Waals surface area contributed by atoms with Crippen LogP contribution in [-0.4, -0.2) is 22.6 Å². The van der Waals surface area contributed by atoms with E-state index in [1.165, 1.54) is 18.2 Å². The van der Waals surface area contributed by atoms with Crippen molar-refractivity contribution >= 4 is 0 Å². The first-order valence-electron chi connectivity index (χ1n) is 7.97. The lowest BCUT2D eigenvalue weighted by atomic mass is 9.83. The SMILES string of the molecule is O=c1cccc2n1C[C@H]1C[C@@H]2CN(Cc2c(F)cccc2F)C1. The fourth-order valence-electron chi connectivity index (χ4n) is 4.03. The molecule has 0 spiro atoms. The van der Waals surface area contributed by atoms with Gasteiger partial charge in [0, 0.05) is 49.4 Å². The normalized spacial score (nSPS) is 23.6. The van der Waals surface area contributed by atoms with Gasteiger partial charge in [0.25, 0.3) is 5.56 Å². The Kier molecular flexibility index (Phi) is 3.53. The van der Waals surface area contributed by atoms with Crippen molar-refractivity contribution in [1.29, 1.82) is 0 Å². The summed E-state index contributed by atoms with van der Waals surface area (Å²) in [6.45, 7) is 2.48. The highest BCUT2D eigenvalue weighted by molar-refractivity contribution is 5.21. The van der Waals surface area contributed by atoms with E-state index < -0.39 is 11.6 Å². The van der Waals surface area contributed by atoms with E-state index in [-0.39, 0.29) is 23.6 Å². The highest BCUT2D eigenvalue weighted by Crippen LogP contribution is 2.35. The van der Waals surface area contributed by atoms with E-state index in [1.807, 2.05) is 10.6 Å². The van der Waals surface area contributed by atoms with Crippen LogP contribution in [0.2, 0.25) is 0 Å². The minimum atomic E-state index is -0.489. The summed E-state index contributed by atoms with van der Waals surface area (Å²) in [5.41, 5.74) is 1.23. The molecular formula is C18H18F2N2O. The van der Waals surface area contributed by atoms with Gasteiger partial charge in [0.05, 0.1) is 0 Å². The molecule has 2 aliphatic heterocycles. The minimum absolute atomic E-state index is 0.0470. The Morgan fingerprint density at radius 1 is 1.00 bits per heavy atom. The zero-order valence-corrected chi connectivity index (χ0v) is 12.7. The van der Waals surface area contributed by atoms with Gasteiger partial charge in [-0.1, -0.05) is 12.1 Å². The fraction of sp³-hybridized carbons (Fsp3) is 0.389. The maximum absolute atomic E-state index is 13.9. The van der Waals surface area contributed by atoms with Crippen LogP contribution >= 0.6 is 0 Å². The van der Waals surface area contributed by atoms with Crippen LogP contribution in [0.4, 0.5) is 8.78 Å². The third-order valence-corrected chi connectivity index (χ3v) is 5.00. The number of pyridine rings is 1. The number of nitrogens with zero attached hydrogens (tertiary/aromatic N) is 2. The van der Waals surface area contributed by atoms with Gasteiger partial charge < -0.3 is 4.57 Å². The largest absolute Gasteiger partial charge is 0.312 e. The van der Waals surface area contributed by atoms with E-state index in [4.69, 9.17) is 0 Å². The Hall–Kier alpha value is -2.01. The van der Waals surface area contributed by atoms with Crippen molar-refractivity contribution in [3.63, 3.8) is 0 Å². The van der Waals surface area contributed by atoms with E-state index in [0.29, 0.717) is 12.5 Å². The van der Waals surface area contributed by atoms with E-state index >= 15 is 0 Å². The molecule has 0 amide bonds. The third-order valence-electron chi connectivity index (χ3n) is 5.00. The highest BCUT2D eigenvalue weighted by atomic mass is 19.1. The van der Waals surface area contributed by atoms with Gasteiger partial charge >= 0.3 is 0 Å². The predicted molar refractivity (Wildman–Crippen MR) is 83.2 cm³/mol. The van der Waals surface area contributed by atoms with Gasteiger partial charge in [-0.25, -0.2) is 8.78 Å². The molecule has 5 heteroatoms. The summed E-state index contributed by atoms with van der Waals surface area (Å²) in [4.78, 5) is 14.1. The van der Waals surface area contributed by atoms with Gasteiger partial charge in [-0.05, 0) is 30.5 Å². The van der Waals surface area contributed by atoms with Gasteiger partial charge in [-0.2, -0.15) is 0 Å². The molecule has 2 atom stereocenters. The van der Waals surface area contributed by atoms with Gasteiger partial charge in [0.15, 0.2) is 0 Å². The quantitative estimate of drug-likeness (QED) is 0.851. The average molecular weight is 316 g/mol. The maximum atomic E-state index is 13.9. The molecule has 1 aromatic heterocycles. The molecule has 1 fully saturated rings. The van der Waals surface area contributed by atoms with Crippen molar-refractivity contribution in [1.82, 2.24) is 9.47 Å². The standard InChI is InChI=1S/C18H18F2N2O/c19-15-3-1-4-16(20)14(15)11-21-8-12-7-13(10-21)17-5-2-6-18(23)22(17)9-12/h1-6,12-13H,7-11H2/t12-,13+/m0/s1. The Labute approximate surface area is 133 Å². The first kappa shape index (κ1) is 14.6. The summed E-state index contributed by atoms with van der Waals surface area (Å²) in [6.07, 6.45) is 1.04. The molecule has 2 bridgehead atoms. The van der Waals surface area contributed by atoms with Crippen molar-refractivity contribution in [2.24, 2.45) is 5.92 Å². The monoisotopic (exact) mass is 316 g/mol. The predicted octanol–water partition coefficient (Wildman–Crippen LogP) is 2.75. The molecule has 2 aromatic rings. The molecule has 120 valence electrons. The average Bonchev–Trinajstić information content (AvgIpc) is 2.52. The molecule has 0 unspecified atom stereocenters. The van der Waals surface area contributed by atoms with Crippen LogP contribution in [0.25, 0.3) is 0 Å². The molecule has 2 aliphatic rings. The number of rotatable bonds is 2. The van der Waals surface area contributed by atoms with Crippen LogP contribution in [-0.2, 0) is 13.1 Å². The third kappa shape index (κ3) is 2.59. The summed E-state index contributed by atoms with van der Waals surface area (Å²) < 4.78 is 29.6. The second-order valence-electron chi connectivity index (χ2n) is 6.59. The second kappa shape index (κ2) is 5.57. The summed E-state index contributed by atoms with van der Waals surface area (Å²) in [6, 6.07) is 9.38. The van der Waals surface area contributed by atoms with Crippen LogP contribution in [0.1, 0.15) is 23.6 Å². The molecule has 4 rings (SSSR count). The lowest BCUT2D eigenvalue weighted by molar-refractivity contribution is 0.112. The molecule has 3 nitrogen and oxygen atoms in total. The van der Waals surface area contributed by atoms with Crippen molar-refractivity contribution in [2.45, 2.75) is 25.4 Å². The summed E-state index contributed by atoms with van der Waals surface area (Å²) in [5, 5.41) is 0. The molecule has 0 radical (unpaired) electrons. The van der Waals surface area contributed by atoms with Gasteiger partial charge in [-0.15, -0.1) is 0 Å². The lowest BCUT2D eigenvalue weighted by Gasteiger charge is -2.42. The highest BCUT2D eigenvalue weighted by Gasteiger charge is 2.34. The van der Waals surface area contributed by atoms with Gasteiger partial charge in [0.1, 0.15) is 11.6 Å². The Morgan fingerprint density at radius 3 is 2.52 bits per heavy atom. The van der Waals surface area contributed by atoms with Gasteiger partial charge in [0.2, 0.25) is 0 Å². The number of piperidine rings is 1. The van der Waals surface area contributed by atoms with Crippen molar-refractivity contribution in [3.05, 3.63) is 69.6 Å². The van der Waals surface area contributed by atoms with Crippen LogP contribution < -0.4 is 5.56 Å². The zero-order chi connectivity index (χ0) is 16.0.